The first-order valence-electron chi connectivity index (χ1n) is 5.55. The van der Waals surface area contributed by atoms with E-state index < -0.39 is 21.8 Å². The molecule has 0 saturated heterocycles. The fraction of sp³-hybridized carbons (Fsp3) is 0.333. The van der Waals surface area contributed by atoms with Crippen molar-refractivity contribution in [3.8, 4) is 0 Å². The van der Waals surface area contributed by atoms with Crippen LogP contribution >= 0.6 is 0 Å². The minimum absolute atomic E-state index is 0.142. The molecule has 0 spiro atoms. The first-order chi connectivity index (χ1) is 8.77. The Bertz CT molecular complexity index is 550. The zero-order valence-corrected chi connectivity index (χ0v) is 11.1. The molecule has 1 aromatic carbocycles. The van der Waals surface area contributed by atoms with E-state index in [0.29, 0.717) is 12.5 Å². The molecular formula is C12H14F3NO2S. The molecule has 0 aromatic heterocycles. The number of hydrogen-bond acceptors (Lipinski definition) is 2. The Balaban J connectivity index is 2.90. The molecule has 0 amide bonds. The van der Waals surface area contributed by atoms with Crippen LogP contribution in [0.1, 0.15) is 18.9 Å². The molecule has 0 radical (unpaired) electrons. The second-order valence-corrected chi connectivity index (χ2v) is 5.55. The Kier molecular flexibility index (Phi) is 5.13. The average molecular weight is 293 g/mol. The summed E-state index contributed by atoms with van der Waals surface area (Å²) in [5.41, 5.74) is -0.983. The van der Waals surface area contributed by atoms with Gasteiger partial charge in [-0.25, -0.2) is 13.1 Å². The number of hydrogen-bond donors (Lipinski definition) is 1. The maximum atomic E-state index is 12.5. The van der Waals surface area contributed by atoms with Gasteiger partial charge in [-0.3, -0.25) is 0 Å². The highest BCUT2D eigenvalue weighted by molar-refractivity contribution is 7.89. The van der Waals surface area contributed by atoms with Crippen molar-refractivity contribution in [2.45, 2.75) is 24.4 Å². The van der Waals surface area contributed by atoms with Gasteiger partial charge < -0.3 is 0 Å². The molecule has 0 aliphatic carbocycles. The van der Waals surface area contributed by atoms with Crippen LogP contribution in [0.5, 0.6) is 0 Å². The topological polar surface area (TPSA) is 46.2 Å². The van der Waals surface area contributed by atoms with Gasteiger partial charge in [0.1, 0.15) is 0 Å². The van der Waals surface area contributed by atoms with Crippen LogP contribution in [0.2, 0.25) is 0 Å². The summed E-state index contributed by atoms with van der Waals surface area (Å²) in [5.74, 6) is 0. The van der Waals surface area contributed by atoms with E-state index in [1.165, 1.54) is 0 Å². The molecule has 0 bridgehead atoms. The first kappa shape index (κ1) is 15.7. The fourth-order valence-corrected chi connectivity index (χ4v) is 2.46. The highest BCUT2D eigenvalue weighted by atomic mass is 32.2. The van der Waals surface area contributed by atoms with E-state index in [4.69, 9.17) is 0 Å². The number of allylic oxidation sites excluding steroid dienone is 1. The summed E-state index contributed by atoms with van der Waals surface area (Å²) >= 11 is 0. The van der Waals surface area contributed by atoms with Gasteiger partial charge in [0.2, 0.25) is 10.0 Å². The van der Waals surface area contributed by atoms with Crippen molar-refractivity contribution in [1.29, 1.82) is 0 Å². The molecule has 0 unspecified atom stereocenters. The third kappa shape index (κ3) is 4.68. The van der Waals surface area contributed by atoms with Crippen LogP contribution < -0.4 is 4.72 Å². The third-order valence-electron chi connectivity index (χ3n) is 2.31. The minimum Gasteiger partial charge on any atom is -0.211 e. The molecule has 7 heteroatoms. The van der Waals surface area contributed by atoms with Crippen LogP contribution in [0.3, 0.4) is 0 Å². The van der Waals surface area contributed by atoms with Gasteiger partial charge in [0.25, 0.3) is 0 Å². The average Bonchev–Trinajstić information content (AvgIpc) is 2.34. The number of benzene rings is 1. The summed E-state index contributed by atoms with van der Waals surface area (Å²) in [7, 11) is -3.91. The summed E-state index contributed by atoms with van der Waals surface area (Å²) in [6.45, 7) is 1.93. The van der Waals surface area contributed by atoms with E-state index in [2.05, 4.69) is 4.72 Å². The smallest absolute Gasteiger partial charge is 0.211 e. The molecule has 3 nitrogen and oxygen atoms in total. The lowest BCUT2D eigenvalue weighted by Crippen LogP contribution is -2.24. The summed E-state index contributed by atoms with van der Waals surface area (Å²) in [6, 6.07) is 3.66. The van der Waals surface area contributed by atoms with Gasteiger partial charge in [0.05, 0.1) is 10.5 Å². The van der Waals surface area contributed by atoms with Crippen molar-refractivity contribution in [3.63, 3.8) is 0 Å². The molecule has 0 saturated carbocycles. The van der Waals surface area contributed by atoms with Crippen LogP contribution in [0.25, 0.3) is 0 Å². The Morgan fingerprint density at radius 1 is 1.32 bits per heavy atom. The molecule has 0 fully saturated rings. The van der Waals surface area contributed by atoms with Crippen LogP contribution in [-0.2, 0) is 16.2 Å². The van der Waals surface area contributed by atoms with Crippen LogP contribution in [0, 0.1) is 0 Å². The van der Waals surface area contributed by atoms with Crippen molar-refractivity contribution in [1.82, 2.24) is 4.72 Å². The van der Waals surface area contributed by atoms with Gasteiger partial charge >= 0.3 is 6.18 Å². The van der Waals surface area contributed by atoms with E-state index in [-0.39, 0.29) is 11.4 Å². The Hall–Kier alpha value is -1.34. The molecule has 1 N–H and O–H groups in total. The van der Waals surface area contributed by atoms with E-state index in [0.717, 1.165) is 18.2 Å². The highest BCUT2D eigenvalue weighted by Gasteiger charge is 2.31. The van der Waals surface area contributed by atoms with Gasteiger partial charge in [-0.1, -0.05) is 18.2 Å². The molecular weight excluding hydrogens is 279 g/mol. The highest BCUT2D eigenvalue weighted by Crippen LogP contribution is 2.30. The largest absolute Gasteiger partial charge is 0.416 e. The Morgan fingerprint density at radius 2 is 2.00 bits per heavy atom. The monoisotopic (exact) mass is 293 g/mol. The molecule has 0 aliphatic rings. The lowest BCUT2D eigenvalue weighted by atomic mass is 10.2. The van der Waals surface area contributed by atoms with Crippen molar-refractivity contribution in [2.24, 2.45) is 0 Å². The van der Waals surface area contributed by atoms with Crippen LogP contribution in [-0.4, -0.2) is 15.0 Å². The molecule has 0 atom stereocenters. The maximum Gasteiger partial charge on any atom is 0.416 e. The zero-order chi connectivity index (χ0) is 14.5. The maximum absolute atomic E-state index is 12.5. The van der Waals surface area contributed by atoms with Crippen LogP contribution in [0.4, 0.5) is 13.2 Å². The van der Waals surface area contributed by atoms with E-state index >= 15 is 0 Å². The third-order valence-corrected chi connectivity index (χ3v) is 3.77. The number of halogens is 3. The molecule has 1 aromatic rings. The second-order valence-electron chi connectivity index (χ2n) is 3.78. The predicted octanol–water partition coefficient (Wildman–Crippen LogP) is 2.95. The second kappa shape index (κ2) is 6.21. The van der Waals surface area contributed by atoms with Gasteiger partial charge in [0, 0.05) is 6.54 Å². The molecule has 0 aliphatic heterocycles. The van der Waals surface area contributed by atoms with Gasteiger partial charge in [-0.15, -0.1) is 0 Å². The normalized spacial score (nSPS) is 13.1. The fourth-order valence-electron chi connectivity index (χ4n) is 1.37. The lowest BCUT2D eigenvalue weighted by molar-refractivity contribution is -0.137. The van der Waals surface area contributed by atoms with Gasteiger partial charge in [0.15, 0.2) is 0 Å². The molecule has 106 valence electrons. The van der Waals surface area contributed by atoms with E-state index in [9.17, 15) is 21.6 Å². The zero-order valence-electron chi connectivity index (χ0n) is 10.2. The van der Waals surface area contributed by atoms with Crippen LogP contribution in [0.15, 0.2) is 41.3 Å². The lowest BCUT2D eigenvalue weighted by Gasteiger charge is -2.09. The summed E-state index contributed by atoms with van der Waals surface area (Å²) < 4.78 is 63.2. The predicted molar refractivity (Wildman–Crippen MR) is 66.1 cm³/mol. The standard InChI is InChI=1S/C12H14F3NO2S/c1-2-3-4-8-16-19(17,18)11-7-5-6-10(9-11)12(13,14)15/h2-3,5-7,9,16H,4,8H2,1H3/b3-2+. The van der Waals surface area contributed by atoms with Gasteiger partial charge in [-0.2, -0.15) is 13.2 Å². The van der Waals surface area contributed by atoms with Crippen molar-refractivity contribution < 1.29 is 21.6 Å². The Labute approximate surface area is 110 Å². The summed E-state index contributed by atoms with van der Waals surface area (Å²) in [4.78, 5) is -0.386. The summed E-state index contributed by atoms with van der Waals surface area (Å²) in [6.07, 6.45) is -0.557. The number of rotatable bonds is 5. The molecule has 1 rings (SSSR count). The quantitative estimate of drug-likeness (QED) is 0.670. The van der Waals surface area contributed by atoms with E-state index in [1.54, 1.807) is 19.1 Å². The minimum atomic E-state index is -4.56. The number of nitrogens with one attached hydrogen (secondary N) is 1. The first-order valence-corrected chi connectivity index (χ1v) is 7.04. The number of alkyl halides is 3. The molecule has 0 heterocycles. The SMILES string of the molecule is C/C=C/CCNS(=O)(=O)c1cccc(C(F)(F)F)c1. The Morgan fingerprint density at radius 3 is 2.58 bits per heavy atom. The number of sulfonamides is 1. The van der Waals surface area contributed by atoms with Crippen molar-refractivity contribution >= 4 is 10.0 Å². The molecule has 19 heavy (non-hydrogen) atoms. The van der Waals surface area contributed by atoms with Gasteiger partial charge in [-0.05, 0) is 31.5 Å². The summed E-state index contributed by atoms with van der Waals surface area (Å²) in [5, 5.41) is 0. The van der Waals surface area contributed by atoms with E-state index in [1.807, 2.05) is 0 Å². The van der Waals surface area contributed by atoms with Crippen molar-refractivity contribution in [2.75, 3.05) is 6.54 Å². The van der Waals surface area contributed by atoms with Crippen molar-refractivity contribution in [3.05, 3.63) is 42.0 Å².